The van der Waals surface area contributed by atoms with E-state index in [-0.39, 0.29) is 0 Å². The Hall–Kier alpha value is -1.50. The van der Waals surface area contributed by atoms with Gasteiger partial charge in [-0.15, -0.1) is 0 Å². The number of rotatable bonds is 2. The van der Waals surface area contributed by atoms with Gasteiger partial charge in [-0.25, -0.2) is 0 Å². The highest BCUT2D eigenvalue weighted by Gasteiger charge is 2.11. The summed E-state index contributed by atoms with van der Waals surface area (Å²) in [5.74, 6) is 0.545. The lowest BCUT2D eigenvalue weighted by atomic mass is 9.94. The van der Waals surface area contributed by atoms with E-state index in [1.165, 1.54) is 22.0 Å². The van der Waals surface area contributed by atoms with E-state index in [0.29, 0.717) is 5.92 Å². The normalized spacial score (nSPS) is 11.1. The van der Waals surface area contributed by atoms with Crippen LogP contribution in [0.25, 0.3) is 10.8 Å². The molecule has 0 saturated heterocycles. The SMILES string of the molecule is CC(C)c1c(N(C)C)ccc2ccccc12. The zero-order chi connectivity index (χ0) is 11.7. The zero-order valence-corrected chi connectivity index (χ0v) is 10.5. The lowest BCUT2D eigenvalue weighted by molar-refractivity contribution is 0.868. The Morgan fingerprint density at radius 3 is 2.25 bits per heavy atom. The third-order valence-electron chi connectivity index (χ3n) is 3.01. The van der Waals surface area contributed by atoms with Gasteiger partial charge < -0.3 is 4.90 Å². The Bertz CT molecular complexity index is 498. The molecule has 0 spiro atoms. The Morgan fingerprint density at radius 1 is 0.938 bits per heavy atom. The molecule has 2 rings (SSSR count). The summed E-state index contributed by atoms with van der Waals surface area (Å²) in [5.41, 5.74) is 2.77. The molecule has 0 unspecified atom stereocenters. The Kier molecular flexibility index (Phi) is 2.86. The van der Waals surface area contributed by atoms with Crippen molar-refractivity contribution in [1.82, 2.24) is 0 Å². The van der Waals surface area contributed by atoms with Gasteiger partial charge in [-0.1, -0.05) is 44.2 Å². The van der Waals surface area contributed by atoms with Crippen molar-refractivity contribution < 1.29 is 0 Å². The van der Waals surface area contributed by atoms with Crippen molar-refractivity contribution in [3.8, 4) is 0 Å². The van der Waals surface area contributed by atoms with Crippen LogP contribution in [0.3, 0.4) is 0 Å². The number of hydrogen-bond donors (Lipinski definition) is 0. The van der Waals surface area contributed by atoms with E-state index >= 15 is 0 Å². The molecule has 0 aliphatic carbocycles. The molecule has 0 aliphatic rings. The van der Waals surface area contributed by atoms with Crippen LogP contribution in [-0.4, -0.2) is 14.1 Å². The van der Waals surface area contributed by atoms with Gasteiger partial charge in [0.15, 0.2) is 0 Å². The zero-order valence-electron chi connectivity index (χ0n) is 10.5. The van der Waals surface area contributed by atoms with Gasteiger partial charge in [0.2, 0.25) is 0 Å². The molecule has 0 bridgehead atoms. The molecule has 0 aromatic heterocycles. The first-order valence-corrected chi connectivity index (χ1v) is 5.80. The topological polar surface area (TPSA) is 3.24 Å². The Labute approximate surface area is 97.7 Å². The molecule has 0 atom stereocenters. The predicted molar refractivity (Wildman–Crippen MR) is 72.4 cm³/mol. The minimum absolute atomic E-state index is 0.545. The van der Waals surface area contributed by atoms with E-state index in [2.05, 4.69) is 69.2 Å². The fourth-order valence-electron chi connectivity index (χ4n) is 2.28. The van der Waals surface area contributed by atoms with Crippen molar-refractivity contribution in [1.29, 1.82) is 0 Å². The molecular weight excluding hydrogens is 194 g/mol. The molecule has 2 aromatic carbocycles. The van der Waals surface area contributed by atoms with Gasteiger partial charge in [-0.2, -0.15) is 0 Å². The number of benzene rings is 2. The van der Waals surface area contributed by atoms with Gasteiger partial charge in [0, 0.05) is 19.8 Å². The molecule has 16 heavy (non-hydrogen) atoms. The molecule has 0 amide bonds. The number of fused-ring (bicyclic) bond motifs is 1. The van der Waals surface area contributed by atoms with Gasteiger partial charge in [0.25, 0.3) is 0 Å². The van der Waals surface area contributed by atoms with Crippen molar-refractivity contribution in [2.75, 3.05) is 19.0 Å². The molecule has 1 nitrogen and oxygen atoms in total. The lowest BCUT2D eigenvalue weighted by Gasteiger charge is -2.21. The van der Waals surface area contributed by atoms with Crippen molar-refractivity contribution >= 4 is 16.5 Å². The first-order valence-electron chi connectivity index (χ1n) is 5.80. The molecule has 84 valence electrons. The van der Waals surface area contributed by atoms with Crippen LogP contribution in [0.1, 0.15) is 25.3 Å². The van der Waals surface area contributed by atoms with Gasteiger partial charge in [-0.05, 0) is 28.3 Å². The van der Waals surface area contributed by atoms with Crippen LogP contribution >= 0.6 is 0 Å². The fraction of sp³-hybridized carbons (Fsp3) is 0.333. The maximum atomic E-state index is 2.26. The molecule has 0 heterocycles. The predicted octanol–water partition coefficient (Wildman–Crippen LogP) is 4.03. The maximum Gasteiger partial charge on any atom is 0.0402 e. The Balaban J connectivity index is 2.79. The van der Waals surface area contributed by atoms with Gasteiger partial charge >= 0.3 is 0 Å². The van der Waals surface area contributed by atoms with Crippen molar-refractivity contribution in [2.24, 2.45) is 0 Å². The van der Waals surface area contributed by atoms with Crippen LogP contribution in [0.15, 0.2) is 36.4 Å². The fourth-order valence-corrected chi connectivity index (χ4v) is 2.28. The van der Waals surface area contributed by atoms with E-state index in [1.807, 2.05) is 0 Å². The summed E-state index contributed by atoms with van der Waals surface area (Å²) in [5, 5.41) is 2.71. The molecule has 2 aromatic rings. The second-order valence-electron chi connectivity index (χ2n) is 4.77. The first kappa shape index (κ1) is 11.0. The summed E-state index contributed by atoms with van der Waals surface area (Å²) in [6.07, 6.45) is 0. The molecule has 1 heteroatoms. The summed E-state index contributed by atoms with van der Waals surface area (Å²) in [4.78, 5) is 2.20. The third kappa shape index (κ3) is 1.78. The van der Waals surface area contributed by atoms with Gasteiger partial charge in [0.05, 0.1) is 0 Å². The highest BCUT2D eigenvalue weighted by atomic mass is 15.1. The highest BCUT2D eigenvalue weighted by Crippen LogP contribution is 2.33. The Morgan fingerprint density at radius 2 is 1.62 bits per heavy atom. The monoisotopic (exact) mass is 213 g/mol. The maximum absolute atomic E-state index is 2.26. The van der Waals surface area contributed by atoms with E-state index in [1.54, 1.807) is 0 Å². The van der Waals surface area contributed by atoms with E-state index < -0.39 is 0 Å². The molecule has 0 saturated carbocycles. The van der Waals surface area contributed by atoms with Crippen LogP contribution < -0.4 is 4.90 Å². The van der Waals surface area contributed by atoms with Crippen LogP contribution in [0.4, 0.5) is 5.69 Å². The third-order valence-corrected chi connectivity index (χ3v) is 3.01. The lowest BCUT2D eigenvalue weighted by Crippen LogP contribution is -2.12. The highest BCUT2D eigenvalue weighted by molar-refractivity contribution is 5.90. The molecule has 0 fully saturated rings. The summed E-state index contributed by atoms with van der Waals surface area (Å²) in [7, 11) is 4.21. The van der Waals surface area contributed by atoms with Gasteiger partial charge in [-0.3, -0.25) is 0 Å². The smallest absolute Gasteiger partial charge is 0.0402 e. The van der Waals surface area contributed by atoms with E-state index in [9.17, 15) is 0 Å². The summed E-state index contributed by atoms with van der Waals surface area (Å²) >= 11 is 0. The van der Waals surface area contributed by atoms with Crippen molar-refractivity contribution in [3.05, 3.63) is 42.0 Å². The van der Waals surface area contributed by atoms with Crippen LogP contribution in [-0.2, 0) is 0 Å². The van der Waals surface area contributed by atoms with Crippen molar-refractivity contribution in [3.63, 3.8) is 0 Å². The number of nitrogens with zero attached hydrogens (tertiary/aromatic N) is 1. The second kappa shape index (κ2) is 4.17. The van der Waals surface area contributed by atoms with Crippen LogP contribution in [0, 0.1) is 0 Å². The molecule has 0 N–H and O–H groups in total. The molecule has 0 radical (unpaired) electrons. The minimum Gasteiger partial charge on any atom is -0.377 e. The van der Waals surface area contributed by atoms with Crippen LogP contribution in [0.5, 0.6) is 0 Å². The summed E-state index contributed by atoms with van der Waals surface area (Å²) in [6, 6.07) is 13.0. The average molecular weight is 213 g/mol. The minimum atomic E-state index is 0.545. The quantitative estimate of drug-likeness (QED) is 0.728. The van der Waals surface area contributed by atoms with E-state index in [0.717, 1.165) is 0 Å². The average Bonchev–Trinajstić information content (AvgIpc) is 2.27. The van der Waals surface area contributed by atoms with Crippen molar-refractivity contribution in [2.45, 2.75) is 19.8 Å². The second-order valence-corrected chi connectivity index (χ2v) is 4.77. The van der Waals surface area contributed by atoms with Crippen LogP contribution in [0.2, 0.25) is 0 Å². The molecule has 0 aliphatic heterocycles. The molecular formula is C15H19N. The summed E-state index contributed by atoms with van der Waals surface area (Å²) < 4.78 is 0. The standard InChI is InChI=1S/C15H19N/c1-11(2)15-13-8-6-5-7-12(13)9-10-14(15)16(3)4/h5-11H,1-4H3. The van der Waals surface area contributed by atoms with Gasteiger partial charge in [0.1, 0.15) is 0 Å². The van der Waals surface area contributed by atoms with E-state index in [4.69, 9.17) is 0 Å². The number of hydrogen-bond acceptors (Lipinski definition) is 1. The first-order chi connectivity index (χ1) is 7.61. The number of anilines is 1. The largest absolute Gasteiger partial charge is 0.377 e. The summed E-state index contributed by atoms with van der Waals surface area (Å²) in [6.45, 7) is 4.52.